The van der Waals surface area contributed by atoms with Gasteiger partial charge in [-0.05, 0) is 50.9 Å². The summed E-state index contributed by atoms with van der Waals surface area (Å²) in [5.41, 5.74) is 1.16. The second-order valence-electron chi connectivity index (χ2n) is 6.11. The number of rotatable bonds is 9. The highest BCUT2D eigenvalue weighted by Crippen LogP contribution is 2.30. The molecule has 2 rings (SSSR count). The van der Waals surface area contributed by atoms with E-state index in [-0.39, 0.29) is 0 Å². The number of methoxy groups -OCH3 is 1. The van der Waals surface area contributed by atoms with Gasteiger partial charge in [-0.3, -0.25) is 0 Å². The van der Waals surface area contributed by atoms with Gasteiger partial charge in [0.15, 0.2) is 0 Å². The fourth-order valence-corrected chi connectivity index (χ4v) is 3.02. The van der Waals surface area contributed by atoms with Gasteiger partial charge in [-0.15, -0.1) is 0 Å². The smallest absolute Gasteiger partial charge is 0.121 e. The molecule has 0 aliphatic carbocycles. The van der Waals surface area contributed by atoms with E-state index in [1.54, 1.807) is 7.11 Å². The zero-order valence-electron chi connectivity index (χ0n) is 14.9. The second kappa shape index (κ2) is 8.78. The van der Waals surface area contributed by atoms with Gasteiger partial charge in [-0.1, -0.05) is 38.1 Å². The molecular weight excluding hydrogens is 284 g/mol. The summed E-state index contributed by atoms with van der Waals surface area (Å²) in [7, 11) is 1.72. The van der Waals surface area contributed by atoms with Crippen molar-refractivity contribution in [1.29, 1.82) is 0 Å². The molecule has 2 aromatic rings. The van der Waals surface area contributed by atoms with Gasteiger partial charge >= 0.3 is 0 Å². The van der Waals surface area contributed by atoms with Gasteiger partial charge in [0.05, 0.1) is 7.11 Å². The van der Waals surface area contributed by atoms with Crippen LogP contribution in [0.4, 0.5) is 5.69 Å². The van der Waals surface area contributed by atoms with Crippen molar-refractivity contribution in [3.8, 4) is 5.75 Å². The Morgan fingerprint density at radius 3 is 2.57 bits per heavy atom. The lowest BCUT2D eigenvalue weighted by Crippen LogP contribution is -2.25. The van der Waals surface area contributed by atoms with E-state index in [2.05, 4.69) is 67.4 Å². The summed E-state index contributed by atoms with van der Waals surface area (Å²) in [4.78, 5) is 2.48. The van der Waals surface area contributed by atoms with Crippen molar-refractivity contribution in [3.63, 3.8) is 0 Å². The van der Waals surface area contributed by atoms with Crippen molar-refractivity contribution in [2.24, 2.45) is 0 Å². The molecule has 0 aromatic heterocycles. The molecular formula is C20H30N2O. The van der Waals surface area contributed by atoms with Crippen molar-refractivity contribution >= 4 is 16.5 Å². The third-order valence-electron chi connectivity index (χ3n) is 4.48. The minimum absolute atomic E-state index is 0.445. The van der Waals surface area contributed by atoms with Crippen LogP contribution >= 0.6 is 0 Å². The van der Waals surface area contributed by atoms with Gasteiger partial charge in [0.1, 0.15) is 5.75 Å². The van der Waals surface area contributed by atoms with E-state index in [4.69, 9.17) is 4.74 Å². The summed E-state index contributed by atoms with van der Waals surface area (Å²) in [6, 6.07) is 13.1. The number of hydrogen-bond donors (Lipinski definition) is 1. The summed E-state index contributed by atoms with van der Waals surface area (Å²) < 4.78 is 5.44. The highest BCUT2D eigenvalue weighted by Gasteiger charge is 2.08. The van der Waals surface area contributed by atoms with Gasteiger partial charge in [-0.2, -0.15) is 0 Å². The molecule has 0 unspecified atom stereocenters. The fourth-order valence-electron chi connectivity index (χ4n) is 3.02. The monoisotopic (exact) mass is 314 g/mol. The van der Waals surface area contributed by atoms with E-state index < -0.39 is 0 Å². The molecule has 0 saturated heterocycles. The molecule has 0 radical (unpaired) electrons. The van der Waals surface area contributed by atoms with E-state index in [1.165, 1.54) is 30.2 Å². The zero-order chi connectivity index (χ0) is 16.7. The predicted molar refractivity (Wildman–Crippen MR) is 101 cm³/mol. The SMILES string of the molecule is CCN(CC)CCC[C@@H](C)Nc1cc(OC)cc2ccccc12. The number of fused-ring (bicyclic) bond motifs is 1. The number of nitrogens with one attached hydrogen (secondary N) is 1. The zero-order valence-corrected chi connectivity index (χ0v) is 14.9. The molecule has 3 heteroatoms. The molecule has 0 spiro atoms. The van der Waals surface area contributed by atoms with E-state index in [0.717, 1.165) is 24.5 Å². The normalized spacial score (nSPS) is 12.6. The van der Waals surface area contributed by atoms with Gasteiger partial charge < -0.3 is 15.0 Å². The molecule has 0 aliphatic heterocycles. The summed E-state index contributed by atoms with van der Waals surface area (Å²) in [6.07, 6.45) is 2.39. The van der Waals surface area contributed by atoms with Crippen LogP contribution in [0.2, 0.25) is 0 Å². The Hall–Kier alpha value is -1.74. The first kappa shape index (κ1) is 17.6. The Morgan fingerprint density at radius 1 is 1.13 bits per heavy atom. The molecule has 23 heavy (non-hydrogen) atoms. The highest BCUT2D eigenvalue weighted by atomic mass is 16.5. The Kier molecular flexibility index (Phi) is 6.72. The molecule has 0 saturated carbocycles. The summed E-state index contributed by atoms with van der Waals surface area (Å²) in [5.74, 6) is 0.904. The van der Waals surface area contributed by atoms with E-state index >= 15 is 0 Å². The molecule has 0 heterocycles. The van der Waals surface area contributed by atoms with Crippen molar-refractivity contribution < 1.29 is 4.74 Å². The van der Waals surface area contributed by atoms with Gasteiger partial charge in [-0.25, -0.2) is 0 Å². The van der Waals surface area contributed by atoms with E-state index in [0.29, 0.717) is 6.04 Å². The molecule has 126 valence electrons. The Bertz CT molecular complexity index is 608. The van der Waals surface area contributed by atoms with Crippen molar-refractivity contribution in [2.45, 2.75) is 39.7 Å². The summed E-state index contributed by atoms with van der Waals surface area (Å²) in [6.45, 7) is 10.2. The van der Waals surface area contributed by atoms with E-state index in [1.807, 2.05) is 0 Å². The molecule has 1 N–H and O–H groups in total. The van der Waals surface area contributed by atoms with Gasteiger partial charge in [0.25, 0.3) is 0 Å². The molecule has 0 amide bonds. The van der Waals surface area contributed by atoms with Crippen LogP contribution in [0.5, 0.6) is 5.75 Å². The lowest BCUT2D eigenvalue weighted by Gasteiger charge is -2.21. The van der Waals surface area contributed by atoms with Gasteiger partial charge in [0, 0.05) is 23.2 Å². The van der Waals surface area contributed by atoms with Crippen LogP contribution < -0.4 is 10.1 Å². The fraction of sp³-hybridized carbons (Fsp3) is 0.500. The van der Waals surface area contributed by atoms with Crippen molar-refractivity contribution in [3.05, 3.63) is 36.4 Å². The standard InChI is InChI=1S/C20H30N2O/c1-5-22(6-2)13-9-10-16(3)21-20-15-18(23-4)14-17-11-7-8-12-19(17)20/h7-8,11-12,14-16,21H,5-6,9-10,13H2,1-4H3/t16-/m1/s1. The van der Waals surface area contributed by atoms with Crippen LogP contribution in [0, 0.1) is 0 Å². The molecule has 0 bridgehead atoms. The highest BCUT2D eigenvalue weighted by molar-refractivity contribution is 5.95. The maximum atomic E-state index is 5.44. The third kappa shape index (κ3) is 4.87. The van der Waals surface area contributed by atoms with Crippen molar-refractivity contribution in [1.82, 2.24) is 4.90 Å². The van der Waals surface area contributed by atoms with Crippen LogP contribution in [0.25, 0.3) is 10.8 Å². The van der Waals surface area contributed by atoms with E-state index in [9.17, 15) is 0 Å². The predicted octanol–water partition coefficient (Wildman–Crippen LogP) is 4.77. The molecule has 2 aromatic carbocycles. The average molecular weight is 314 g/mol. The number of hydrogen-bond acceptors (Lipinski definition) is 3. The first-order chi connectivity index (χ1) is 11.2. The number of ether oxygens (including phenoxy) is 1. The molecule has 1 atom stereocenters. The number of nitrogens with zero attached hydrogens (tertiary/aromatic N) is 1. The molecule has 0 fully saturated rings. The van der Waals surface area contributed by atoms with Crippen molar-refractivity contribution in [2.75, 3.05) is 32.1 Å². The van der Waals surface area contributed by atoms with Crippen LogP contribution in [-0.2, 0) is 0 Å². The number of benzene rings is 2. The molecule has 3 nitrogen and oxygen atoms in total. The molecule has 0 aliphatic rings. The first-order valence-electron chi connectivity index (χ1n) is 8.73. The van der Waals surface area contributed by atoms with Crippen LogP contribution in [0.15, 0.2) is 36.4 Å². The average Bonchev–Trinajstić information content (AvgIpc) is 2.58. The first-order valence-corrected chi connectivity index (χ1v) is 8.73. The Morgan fingerprint density at radius 2 is 1.87 bits per heavy atom. The van der Waals surface area contributed by atoms with Gasteiger partial charge in [0.2, 0.25) is 0 Å². The quantitative estimate of drug-likeness (QED) is 0.721. The largest absolute Gasteiger partial charge is 0.497 e. The minimum atomic E-state index is 0.445. The Labute approximate surface area is 140 Å². The van der Waals surface area contributed by atoms with Crippen LogP contribution in [0.1, 0.15) is 33.6 Å². The summed E-state index contributed by atoms with van der Waals surface area (Å²) in [5, 5.41) is 6.14. The third-order valence-corrected chi connectivity index (χ3v) is 4.48. The Balaban J connectivity index is 2.02. The topological polar surface area (TPSA) is 24.5 Å². The lowest BCUT2D eigenvalue weighted by atomic mass is 10.1. The maximum absolute atomic E-state index is 5.44. The maximum Gasteiger partial charge on any atom is 0.121 e. The number of anilines is 1. The summed E-state index contributed by atoms with van der Waals surface area (Å²) >= 11 is 0. The van der Waals surface area contributed by atoms with Crippen LogP contribution in [-0.4, -0.2) is 37.7 Å². The minimum Gasteiger partial charge on any atom is -0.497 e. The second-order valence-corrected chi connectivity index (χ2v) is 6.11. The lowest BCUT2D eigenvalue weighted by molar-refractivity contribution is 0.295. The van der Waals surface area contributed by atoms with Crippen LogP contribution in [0.3, 0.4) is 0 Å².